The van der Waals surface area contributed by atoms with E-state index in [0.717, 1.165) is 0 Å². The summed E-state index contributed by atoms with van der Waals surface area (Å²) < 4.78 is 5.59. The van der Waals surface area contributed by atoms with Crippen molar-refractivity contribution in [3.05, 3.63) is 0 Å². The SMILES string of the molecule is C[C@@H]1CN(C(=O)C(C)(C)CN)C[C@H](C)O1. The molecule has 0 aromatic heterocycles. The summed E-state index contributed by atoms with van der Waals surface area (Å²) in [5, 5.41) is 0. The Balaban J connectivity index is 2.67. The summed E-state index contributed by atoms with van der Waals surface area (Å²) in [5.41, 5.74) is 5.14. The maximum atomic E-state index is 12.1. The van der Waals surface area contributed by atoms with Crippen molar-refractivity contribution in [1.82, 2.24) is 4.90 Å². The summed E-state index contributed by atoms with van der Waals surface area (Å²) in [6.07, 6.45) is 0.234. The first-order chi connectivity index (χ1) is 6.86. The van der Waals surface area contributed by atoms with Gasteiger partial charge in [0.15, 0.2) is 0 Å². The first-order valence-corrected chi connectivity index (χ1v) is 5.51. The zero-order valence-electron chi connectivity index (χ0n) is 10.1. The average molecular weight is 214 g/mol. The molecule has 15 heavy (non-hydrogen) atoms. The van der Waals surface area contributed by atoms with E-state index in [1.54, 1.807) is 0 Å². The van der Waals surface area contributed by atoms with Crippen LogP contribution in [0.2, 0.25) is 0 Å². The zero-order valence-corrected chi connectivity index (χ0v) is 10.1. The van der Waals surface area contributed by atoms with Gasteiger partial charge in [-0.2, -0.15) is 0 Å². The van der Waals surface area contributed by atoms with Gasteiger partial charge in [0.1, 0.15) is 0 Å². The van der Waals surface area contributed by atoms with Crippen molar-refractivity contribution in [2.75, 3.05) is 19.6 Å². The lowest BCUT2D eigenvalue weighted by Crippen LogP contribution is -2.53. The van der Waals surface area contributed by atoms with Gasteiger partial charge < -0.3 is 15.4 Å². The summed E-state index contributed by atoms with van der Waals surface area (Å²) in [5.74, 6) is 0.131. The minimum absolute atomic E-state index is 0.117. The Morgan fingerprint density at radius 3 is 2.27 bits per heavy atom. The predicted molar refractivity (Wildman–Crippen MR) is 59.4 cm³/mol. The fraction of sp³-hybridized carbons (Fsp3) is 0.909. The number of carbonyl (C=O) groups excluding carboxylic acids is 1. The highest BCUT2D eigenvalue weighted by Crippen LogP contribution is 2.20. The van der Waals surface area contributed by atoms with Crippen LogP contribution in [0.4, 0.5) is 0 Å². The Hall–Kier alpha value is -0.610. The number of hydrogen-bond donors (Lipinski definition) is 1. The van der Waals surface area contributed by atoms with Crippen LogP contribution in [0.5, 0.6) is 0 Å². The lowest BCUT2D eigenvalue weighted by molar-refractivity contribution is -0.151. The predicted octanol–water partition coefficient (Wildman–Crippen LogP) is 0.607. The van der Waals surface area contributed by atoms with Gasteiger partial charge in [0.05, 0.1) is 17.6 Å². The van der Waals surface area contributed by atoms with E-state index in [1.165, 1.54) is 0 Å². The van der Waals surface area contributed by atoms with Crippen molar-refractivity contribution < 1.29 is 9.53 Å². The third-order valence-electron chi connectivity index (χ3n) is 2.80. The summed E-state index contributed by atoms with van der Waals surface area (Å²) in [6.45, 7) is 9.49. The highest BCUT2D eigenvalue weighted by atomic mass is 16.5. The van der Waals surface area contributed by atoms with E-state index >= 15 is 0 Å². The van der Waals surface area contributed by atoms with Gasteiger partial charge in [-0.1, -0.05) is 0 Å². The molecule has 1 aliphatic rings. The van der Waals surface area contributed by atoms with Gasteiger partial charge in [-0.15, -0.1) is 0 Å². The first kappa shape index (κ1) is 12.5. The van der Waals surface area contributed by atoms with E-state index in [1.807, 2.05) is 32.6 Å². The van der Waals surface area contributed by atoms with Gasteiger partial charge in [-0.3, -0.25) is 4.79 Å². The molecule has 0 radical (unpaired) electrons. The second kappa shape index (κ2) is 4.49. The Labute approximate surface area is 91.8 Å². The fourth-order valence-corrected chi connectivity index (χ4v) is 1.86. The molecule has 1 saturated heterocycles. The van der Waals surface area contributed by atoms with Crippen LogP contribution in [0.1, 0.15) is 27.7 Å². The van der Waals surface area contributed by atoms with E-state index in [4.69, 9.17) is 10.5 Å². The van der Waals surface area contributed by atoms with Gasteiger partial charge in [0.25, 0.3) is 0 Å². The normalized spacial score (nSPS) is 27.9. The largest absolute Gasteiger partial charge is 0.372 e. The molecule has 0 spiro atoms. The molecule has 4 nitrogen and oxygen atoms in total. The number of rotatable bonds is 2. The summed E-state index contributed by atoms with van der Waals surface area (Å²) in [7, 11) is 0. The van der Waals surface area contributed by atoms with Crippen LogP contribution in [-0.4, -0.2) is 42.6 Å². The number of amides is 1. The number of morpholine rings is 1. The minimum atomic E-state index is -0.462. The zero-order chi connectivity index (χ0) is 11.6. The second-order valence-corrected chi connectivity index (χ2v) is 5.06. The number of hydrogen-bond acceptors (Lipinski definition) is 3. The van der Waals surface area contributed by atoms with Crippen molar-refractivity contribution in [2.24, 2.45) is 11.1 Å². The summed E-state index contributed by atoms with van der Waals surface area (Å²) in [6, 6.07) is 0. The molecular weight excluding hydrogens is 192 g/mol. The van der Waals surface area contributed by atoms with Crippen LogP contribution in [0.25, 0.3) is 0 Å². The maximum Gasteiger partial charge on any atom is 0.229 e. The lowest BCUT2D eigenvalue weighted by atomic mass is 9.91. The standard InChI is InChI=1S/C11H22N2O2/c1-8-5-13(6-9(2)15-8)10(14)11(3,4)7-12/h8-9H,5-7,12H2,1-4H3/t8-,9+. The van der Waals surface area contributed by atoms with Crippen LogP contribution in [0.15, 0.2) is 0 Å². The lowest BCUT2D eigenvalue weighted by Gasteiger charge is -2.39. The highest BCUT2D eigenvalue weighted by molar-refractivity contribution is 5.82. The highest BCUT2D eigenvalue weighted by Gasteiger charge is 2.34. The maximum absolute atomic E-state index is 12.1. The molecule has 1 rings (SSSR count). The van der Waals surface area contributed by atoms with Gasteiger partial charge in [0, 0.05) is 19.6 Å². The average Bonchev–Trinajstić information content (AvgIpc) is 2.15. The first-order valence-electron chi connectivity index (χ1n) is 5.51. The van der Waals surface area contributed by atoms with Crippen molar-refractivity contribution in [3.8, 4) is 0 Å². The van der Waals surface area contributed by atoms with Gasteiger partial charge in [0.2, 0.25) is 5.91 Å². The third-order valence-corrected chi connectivity index (χ3v) is 2.80. The van der Waals surface area contributed by atoms with Crippen molar-refractivity contribution >= 4 is 5.91 Å². The van der Waals surface area contributed by atoms with E-state index < -0.39 is 5.41 Å². The molecule has 1 fully saturated rings. The van der Waals surface area contributed by atoms with Crippen LogP contribution >= 0.6 is 0 Å². The molecule has 0 aliphatic carbocycles. The fourth-order valence-electron chi connectivity index (χ4n) is 1.86. The van der Waals surface area contributed by atoms with Gasteiger partial charge >= 0.3 is 0 Å². The number of nitrogens with two attached hydrogens (primary N) is 1. The molecule has 0 unspecified atom stereocenters. The van der Waals surface area contributed by atoms with Crippen LogP contribution in [0.3, 0.4) is 0 Å². The molecule has 2 atom stereocenters. The quantitative estimate of drug-likeness (QED) is 0.732. The molecule has 1 aliphatic heterocycles. The Bertz CT molecular complexity index is 231. The summed E-state index contributed by atoms with van der Waals surface area (Å²) in [4.78, 5) is 14.0. The van der Waals surface area contributed by atoms with Crippen molar-refractivity contribution in [1.29, 1.82) is 0 Å². The van der Waals surface area contributed by atoms with Gasteiger partial charge in [-0.25, -0.2) is 0 Å². The molecule has 0 aromatic carbocycles. The Kier molecular flexibility index (Phi) is 3.73. The van der Waals surface area contributed by atoms with Crippen molar-refractivity contribution in [2.45, 2.75) is 39.9 Å². The molecule has 0 saturated carbocycles. The smallest absolute Gasteiger partial charge is 0.229 e. The molecule has 0 aromatic rings. The van der Waals surface area contributed by atoms with E-state index in [2.05, 4.69) is 0 Å². The van der Waals surface area contributed by atoms with E-state index in [9.17, 15) is 4.79 Å². The Morgan fingerprint density at radius 1 is 1.40 bits per heavy atom. The molecular formula is C11H22N2O2. The second-order valence-electron chi connectivity index (χ2n) is 5.06. The number of nitrogens with zero attached hydrogens (tertiary/aromatic N) is 1. The number of ether oxygens (including phenoxy) is 1. The molecule has 2 N–H and O–H groups in total. The van der Waals surface area contributed by atoms with E-state index in [0.29, 0.717) is 19.6 Å². The monoisotopic (exact) mass is 214 g/mol. The molecule has 88 valence electrons. The van der Waals surface area contributed by atoms with Gasteiger partial charge in [-0.05, 0) is 27.7 Å². The third kappa shape index (κ3) is 2.92. The number of carbonyl (C=O) groups is 1. The van der Waals surface area contributed by atoms with Crippen molar-refractivity contribution in [3.63, 3.8) is 0 Å². The minimum Gasteiger partial charge on any atom is -0.372 e. The topological polar surface area (TPSA) is 55.6 Å². The van der Waals surface area contributed by atoms with Crippen LogP contribution in [0, 0.1) is 5.41 Å². The molecule has 4 heteroatoms. The Morgan fingerprint density at radius 2 is 1.87 bits per heavy atom. The molecule has 1 amide bonds. The van der Waals surface area contributed by atoms with Crippen LogP contribution in [-0.2, 0) is 9.53 Å². The molecule has 1 heterocycles. The molecule has 0 bridgehead atoms. The van der Waals surface area contributed by atoms with Crippen LogP contribution < -0.4 is 5.73 Å². The summed E-state index contributed by atoms with van der Waals surface area (Å²) >= 11 is 0. The van der Waals surface area contributed by atoms with E-state index in [-0.39, 0.29) is 18.1 Å².